The molecule has 0 aromatic carbocycles. The Bertz CT molecular complexity index is 124. The van der Waals surface area contributed by atoms with Crippen molar-refractivity contribution >= 4 is 0 Å². The zero-order chi connectivity index (χ0) is 10.1. The fourth-order valence-electron chi connectivity index (χ4n) is 1.24. The average molecular weight is 184 g/mol. The van der Waals surface area contributed by atoms with Crippen molar-refractivity contribution in [3.05, 3.63) is 12.4 Å². The van der Waals surface area contributed by atoms with Gasteiger partial charge in [-0.3, -0.25) is 0 Å². The molecular weight excluding hydrogens is 160 g/mol. The first-order chi connectivity index (χ1) is 6.26. The van der Waals surface area contributed by atoms with E-state index in [4.69, 9.17) is 0 Å². The molecule has 0 spiro atoms. The van der Waals surface area contributed by atoms with E-state index >= 15 is 0 Å². The van der Waals surface area contributed by atoms with Crippen molar-refractivity contribution in [2.45, 2.75) is 39.5 Å². The molecule has 0 fully saturated rings. The van der Waals surface area contributed by atoms with E-state index in [1.165, 1.54) is 25.7 Å². The maximum absolute atomic E-state index is 3.99. The van der Waals surface area contributed by atoms with E-state index in [0.29, 0.717) is 0 Å². The van der Waals surface area contributed by atoms with Crippen molar-refractivity contribution in [1.82, 2.24) is 10.2 Å². The molecule has 13 heavy (non-hydrogen) atoms. The van der Waals surface area contributed by atoms with Crippen molar-refractivity contribution < 1.29 is 0 Å². The molecule has 0 bridgehead atoms. The summed E-state index contributed by atoms with van der Waals surface area (Å²) in [6.45, 7) is 10.7. The first-order valence-electron chi connectivity index (χ1n) is 5.37. The van der Waals surface area contributed by atoms with E-state index in [0.717, 1.165) is 18.9 Å². The van der Waals surface area contributed by atoms with Crippen LogP contribution in [-0.2, 0) is 0 Å². The van der Waals surface area contributed by atoms with Crippen molar-refractivity contribution in [3.8, 4) is 0 Å². The van der Waals surface area contributed by atoms with E-state index in [2.05, 4.69) is 30.6 Å². The third kappa shape index (κ3) is 5.56. The van der Waals surface area contributed by atoms with Crippen molar-refractivity contribution in [2.75, 3.05) is 20.1 Å². The lowest BCUT2D eigenvalue weighted by atomic mass is 10.2. The second-order valence-corrected chi connectivity index (χ2v) is 3.39. The number of nitrogens with one attached hydrogen (secondary N) is 1. The van der Waals surface area contributed by atoms with Gasteiger partial charge < -0.3 is 10.2 Å². The van der Waals surface area contributed by atoms with Crippen LogP contribution in [0.5, 0.6) is 0 Å². The van der Waals surface area contributed by atoms with Gasteiger partial charge in [0.1, 0.15) is 0 Å². The standard InChI is InChI=1S/C11H24N2/c1-5-7-9-13(10-8-6-2)11(3)12-4/h12H,3,5-10H2,1-2,4H3. The Balaban J connectivity index is 3.79. The second-order valence-electron chi connectivity index (χ2n) is 3.39. The Morgan fingerprint density at radius 2 is 1.62 bits per heavy atom. The van der Waals surface area contributed by atoms with Crippen molar-refractivity contribution in [3.63, 3.8) is 0 Å². The highest BCUT2D eigenvalue weighted by Gasteiger charge is 2.03. The lowest BCUT2D eigenvalue weighted by Crippen LogP contribution is -2.31. The van der Waals surface area contributed by atoms with Crippen molar-refractivity contribution in [2.24, 2.45) is 0 Å². The van der Waals surface area contributed by atoms with Crippen LogP contribution in [-0.4, -0.2) is 25.0 Å². The Hall–Kier alpha value is -0.660. The van der Waals surface area contributed by atoms with Crippen LogP contribution in [0.4, 0.5) is 0 Å². The predicted molar refractivity (Wildman–Crippen MR) is 59.6 cm³/mol. The van der Waals surface area contributed by atoms with Gasteiger partial charge in [-0.2, -0.15) is 0 Å². The van der Waals surface area contributed by atoms with Crippen LogP contribution in [0.15, 0.2) is 12.4 Å². The first kappa shape index (κ1) is 12.3. The van der Waals surface area contributed by atoms with E-state index in [9.17, 15) is 0 Å². The van der Waals surface area contributed by atoms with Crippen LogP contribution in [0.1, 0.15) is 39.5 Å². The highest BCUT2D eigenvalue weighted by atomic mass is 15.2. The summed E-state index contributed by atoms with van der Waals surface area (Å²) in [6, 6.07) is 0. The molecule has 1 N–H and O–H groups in total. The Labute approximate surface area is 83.0 Å². The lowest BCUT2D eigenvalue weighted by Gasteiger charge is -2.26. The summed E-state index contributed by atoms with van der Waals surface area (Å²) in [4.78, 5) is 2.34. The summed E-state index contributed by atoms with van der Waals surface area (Å²) < 4.78 is 0. The lowest BCUT2D eigenvalue weighted by molar-refractivity contribution is 0.315. The number of hydrogen-bond acceptors (Lipinski definition) is 2. The van der Waals surface area contributed by atoms with Gasteiger partial charge in [0.25, 0.3) is 0 Å². The van der Waals surface area contributed by atoms with E-state index in [1.807, 2.05) is 7.05 Å². The van der Waals surface area contributed by atoms with Gasteiger partial charge in [0.2, 0.25) is 0 Å². The highest BCUT2D eigenvalue weighted by Crippen LogP contribution is 2.03. The molecule has 78 valence electrons. The van der Waals surface area contributed by atoms with E-state index in [-0.39, 0.29) is 0 Å². The van der Waals surface area contributed by atoms with Crippen LogP contribution in [0, 0.1) is 0 Å². The monoisotopic (exact) mass is 184 g/mol. The van der Waals surface area contributed by atoms with E-state index < -0.39 is 0 Å². The first-order valence-corrected chi connectivity index (χ1v) is 5.37. The van der Waals surface area contributed by atoms with Gasteiger partial charge in [-0.15, -0.1) is 0 Å². The number of rotatable bonds is 8. The molecule has 0 atom stereocenters. The summed E-state index contributed by atoms with van der Waals surface area (Å²) in [5, 5.41) is 3.11. The number of hydrogen-bond donors (Lipinski definition) is 1. The summed E-state index contributed by atoms with van der Waals surface area (Å²) in [7, 11) is 1.94. The topological polar surface area (TPSA) is 15.3 Å². The van der Waals surface area contributed by atoms with Gasteiger partial charge in [-0.05, 0) is 12.8 Å². The zero-order valence-electron chi connectivity index (χ0n) is 9.40. The summed E-state index contributed by atoms with van der Waals surface area (Å²) in [5.41, 5.74) is 0. The maximum Gasteiger partial charge on any atom is 0.0936 e. The minimum atomic E-state index is 1.06. The fraction of sp³-hybridized carbons (Fsp3) is 0.818. The number of unbranched alkanes of at least 4 members (excludes halogenated alkanes) is 2. The third-order valence-electron chi connectivity index (χ3n) is 2.23. The molecule has 0 rings (SSSR count). The smallest absolute Gasteiger partial charge is 0.0936 e. The molecule has 0 radical (unpaired) electrons. The van der Waals surface area contributed by atoms with Crippen LogP contribution in [0.3, 0.4) is 0 Å². The molecular formula is C11H24N2. The normalized spacial score (nSPS) is 9.77. The molecule has 0 aliphatic carbocycles. The maximum atomic E-state index is 3.99. The third-order valence-corrected chi connectivity index (χ3v) is 2.23. The molecule has 0 saturated heterocycles. The zero-order valence-corrected chi connectivity index (χ0v) is 9.40. The molecule has 0 unspecified atom stereocenters. The van der Waals surface area contributed by atoms with Gasteiger partial charge in [0.05, 0.1) is 5.82 Å². The molecule has 2 heteroatoms. The Kier molecular flexibility index (Phi) is 7.56. The van der Waals surface area contributed by atoms with Gasteiger partial charge >= 0.3 is 0 Å². The van der Waals surface area contributed by atoms with Crippen LogP contribution in [0.25, 0.3) is 0 Å². The molecule has 2 nitrogen and oxygen atoms in total. The van der Waals surface area contributed by atoms with Crippen molar-refractivity contribution in [1.29, 1.82) is 0 Å². The number of nitrogens with zero attached hydrogens (tertiary/aromatic N) is 1. The molecule has 0 aliphatic heterocycles. The minimum Gasteiger partial charge on any atom is -0.375 e. The van der Waals surface area contributed by atoms with Crippen LogP contribution < -0.4 is 5.32 Å². The van der Waals surface area contributed by atoms with Crippen LogP contribution in [0.2, 0.25) is 0 Å². The fourth-order valence-corrected chi connectivity index (χ4v) is 1.24. The SMILES string of the molecule is C=C(NC)N(CCCC)CCCC. The predicted octanol–water partition coefficient (Wildman–Crippen LogP) is 2.58. The van der Waals surface area contributed by atoms with Crippen LogP contribution >= 0.6 is 0 Å². The summed E-state index contributed by atoms with van der Waals surface area (Å²) in [6.07, 6.45) is 5.01. The molecule has 0 aromatic rings. The minimum absolute atomic E-state index is 1.06. The summed E-state index contributed by atoms with van der Waals surface area (Å²) in [5.74, 6) is 1.06. The molecule has 0 amide bonds. The largest absolute Gasteiger partial charge is 0.375 e. The molecule has 0 heterocycles. The van der Waals surface area contributed by atoms with Gasteiger partial charge in [0, 0.05) is 20.1 Å². The Morgan fingerprint density at radius 1 is 1.15 bits per heavy atom. The molecule has 0 aromatic heterocycles. The second kappa shape index (κ2) is 7.96. The summed E-state index contributed by atoms with van der Waals surface area (Å²) >= 11 is 0. The van der Waals surface area contributed by atoms with Gasteiger partial charge in [-0.1, -0.05) is 33.3 Å². The van der Waals surface area contributed by atoms with E-state index in [1.54, 1.807) is 0 Å². The molecule has 0 aliphatic rings. The van der Waals surface area contributed by atoms with Gasteiger partial charge in [0.15, 0.2) is 0 Å². The highest BCUT2D eigenvalue weighted by molar-refractivity contribution is 4.89. The Morgan fingerprint density at radius 3 is 1.92 bits per heavy atom. The average Bonchev–Trinajstić information content (AvgIpc) is 2.17. The van der Waals surface area contributed by atoms with Gasteiger partial charge in [-0.25, -0.2) is 0 Å². The quantitative estimate of drug-likeness (QED) is 0.624. The molecule has 0 saturated carbocycles.